The monoisotopic (exact) mass is 334 g/mol. The van der Waals surface area contributed by atoms with Crippen LogP contribution in [-0.4, -0.2) is 44.2 Å². The molecule has 1 aromatic carbocycles. The van der Waals surface area contributed by atoms with Gasteiger partial charge in [-0.05, 0) is 30.5 Å². The number of nitrogens with zero attached hydrogens (tertiary/aromatic N) is 3. The largest absolute Gasteiger partial charge is 0.394 e. The molecule has 1 aromatic heterocycles. The maximum Gasteiger partial charge on any atom is 0.230 e. The molecule has 0 unspecified atom stereocenters. The minimum atomic E-state index is -0.246. The van der Waals surface area contributed by atoms with E-state index in [2.05, 4.69) is 41.5 Å². The highest BCUT2D eigenvalue weighted by Gasteiger charge is 2.12. The van der Waals surface area contributed by atoms with Gasteiger partial charge in [0.2, 0.25) is 5.91 Å². The van der Waals surface area contributed by atoms with Gasteiger partial charge in [0.05, 0.1) is 12.4 Å². The summed E-state index contributed by atoms with van der Waals surface area (Å²) in [4.78, 5) is 11.8. The van der Waals surface area contributed by atoms with Crippen molar-refractivity contribution in [1.82, 2.24) is 20.1 Å². The maximum absolute atomic E-state index is 11.8. The Labute approximate surface area is 140 Å². The average molecular weight is 334 g/mol. The molecule has 0 saturated heterocycles. The first-order chi connectivity index (χ1) is 11.0. The van der Waals surface area contributed by atoms with E-state index in [1.807, 2.05) is 16.7 Å². The number of carbonyl (C=O) groups is 1. The van der Waals surface area contributed by atoms with Gasteiger partial charge in [-0.15, -0.1) is 10.2 Å². The summed E-state index contributed by atoms with van der Waals surface area (Å²) in [6.07, 6.45) is 1.64. The van der Waals surface area contributed by atoms with E-state index in [9.17, 15) is 4.79 Å². The Morgan fingerprint density at radius 3 is 2.61 bits per heavy atom. The van der Waals surface area contributed by atoms with Crippen molar-refractivity contribution in [3.8, 4) is 5.69 Å². The third-order valence-corrected chi connectivity index (χ3v) is 4.31. The minimum absolute atomic E-state index is 0.0746. The van der Waals surface area contributed by atoms with Gasteiger partial charge in [-0.3, -0.25) is 9.36 Å². The number of carbonyl (C=O) groups excluding carboxylic acids is 1. The van der Waals surface area contributed by atoms with E-state index in [-0.39, 0.29) is 24.3 Å². The van der Waals surface area contributed by atoms with Crippen LogP contribution < -0.4 is 5.32 Å². The fraction of sp³-hybridized carbons (Fsp3) is 0.438. The van der Waals surface area contributed by atoms with Gasteiger partial charge in [-0.2, -0.15) is 0 Å². The number of benzene rings is 1. The van der Waals surface area contributed by atoms with E-state index in [1.54, 1.807) is 13.3 Å². The zero-order valence-electron chi connectivity index (χ0n) is 13.6. The molecule has 1 heterocycles. The molecular formula is C16H22N4O2S. The second-order valence-corrected chi connectivity index (χ2v) is 6.61. The average Bonchev–Trinajstić information content (AvgIpc) is 3.01. The molecule has 6 nitrogen and oxygen atoms in total. The van der Waals surface area contributed by atoms with Crippen LogP contribution in [0.3, 0.4) is 0 Å². The molecule has 0 aliphatic carbocycles. The highest BCUT2D eigenvalue weighted by molar-refractivity contribution is 7.99. The molecule has 2 aromatic rings. The third-order valence-electron chi connectivity index (χ3n) is 3.37. The third kappa shape index (κ3) is 4.80. The molecule has 2 N–H and O–H groups in total. The van der Waals surface area contributed by atoms with Gasteiger partial charge in [-0.25, -0.2) is 0 Å². The number of rotatable bonds is 7. The Morgan fingerprint density at radius 2 is 2.00 bits per heavy atom. The van der Waals surface area contributed by atoms with Gasteiger partial charge in [-0.1, -0.05) is 37.7 Å². The highest BCUT2D eigenvalue weighted by Crippen LogP contribution is 2.21. The van der Waals surface area contributed by atoms with Crippen molar-refractivity contribution in [3.05, 3.63) is 36.2 Å². The Balaban J connectivity index is 2.03. The fourth-order valence-electron chi connectivity index (χ4n) is 2.01. The Bertz CT molecular complexity index is 640. The van der Waals surface area contributed by atoms with E-state index >= 15 is 0 Å². The molecule has 1 amide bonds. The number of hydrogen-bond donors (Lipinski definition) is 2. The molecule has 0 aliphatic heterocycles. The predicted molar refractivity (Wildman–Crippen MR) is 90.9 cm³/mol. The lowest BCUT2D eigenvalue weighted by Crippen LogP contribution is -2.36. The lowest BCUT2D eigenvalue weighted by atomic mass is 10.0. The van der Waals surface area contributed by atoms with Gasteiger partial charge < -0.3 is 10.4 Å². The lowest BCUT2D eigenvalue weighted by Gasteiger charge is -2.11. The number of nitrogens with one attached hydrogen (secondary N) is 1. The van der Waals surface area contributed by atoms with Gasteiger partial charge in [0.25, 0.3) is 0 Å². The van der Waals surface area contributed by atoms with Crippen LogP contribution in [-0.2, 0) is 4.79 Å². The summed E-state index contributed by atoms with van der Waals surface area (Å²) in [6, 6.07) is 7.98. The van der Waals surface area contributed by atoms with Gasteiger partial charge in [0.15, 0.2) is 5.16 Å². The van der Waals surface area contributed by atoms with Crippen LogP contribution in [0, 0.1) is 0 Å². The molecule has 2 rings (SSSR count). The highest BCUT2D eigenvalue weighted by atomic mass is 32.2. The van der Waals surface area contributed by atoms with Gasteiger partial charge in [0.1, 0.15) is 6.33 Å². The molecule has 0 radical (unpaired) electrons. The Morgan fingerprint density at radius 1 is 1.30 bits per heavy atom. The van der Waals surface area contributed by atoms with E-state index in [0.717, 1.165) is 5.69 Å². The quantitative estimate of drug-likeness (QED) is 0.757. The number of aliphatic hydroxyl groups excluding tert-OH is 1. The standard InChI is InChI=1S/C16H22N4O2S/c1-11(2)13-4-6-14(7-5-13)20-10-17-19-16(20)23-9-15(22)18-12(3)8-21/h4-7,10-12,21H,8-9H2,1-3H3,(H,18,22)/t12-/m1/s1. The molecule has 0 fully saturated rings. The van der Waals surface area contributed by atoms with Crippen molar-refractivity contribution in [2.75, 3.05) is 12.4 Å². The van der Waals surface area contributed by atoms with Crippen molar-refractivity contribution in [1.29, 1.82) is 0 Å². The van der Waals surface area contributed by atoms with Gasteiger partial charge >= 0.3 is 0 Å². The van der Waals surface area contributed by atoms with E-state index in [1.165, 1.54) is 17.3 Å². The SMILES string of the molecule is CC(C)c1ccc(-n2cnnc2SCC(=O)N[C@H](C)CO)cc1. The number of amides is 1. The second-order valence-electron chi connectivity index (χ2n) is 5.67. The minimum Gasteiger partial charge on any atom is -0.394 e. The summed E-state index contributed by atoms with van der Waals surface area (Å²) < 4.78 is 1.86. The van der Waals surface area contributed by atoms with Crippen LogP contribution in [0.1, 0.15) is 32.3 Å². The first-order valence-electron chi connectivity index (χ1n) is 7.54. The molecular weight excluding hydrogens is 312 g/mol. The van der Waals surface area contributed by atoms with Crippen LogP contribution in [0.5, 0.6) is 0 Å². The fourth-order valence-corrected chi connectivity index (χ4v) is 2.75. The van der Waals surface area contributed by atoms with Crippen molar-refractivity contribution < 1.29 is 9.90 Å². The summed E-state index contributed by atoms with van der Waals surface area (Å²) in [5.41, 5.74) is 2.24. The van der Waals surface area contributed by atoms with Crippen LogP contribution in [0.15, 0.2) is 35.7 Å². The van der Waals surface area contributed by atoms with Crippen molar-refractivity contribution in [2.24, 2.45) is 0 Å². The van der Waals surface area contributed by atoms with Gasteiger partial charge in [0, 0.05) is 11.7 Å². The first kappa shape index (κ1) is 17.5. The normalized spacial score (nSPS) is 12.4. The zero-order valence-corrected chi connectivity index (χ0v) is 14.4. The summed E-state index contributed by atoms with van der Waals surface area (Å²) in [5.74, 6) is 0.574. The smallest absolute Gasteiger partial charge is 0.230 e. The molecule has 0 bridgehead atoms. The second kappa shape index (κ2) is 8.12. The number of aliphatic hydroxyl groups is 1. The molecule has 0 spiro atoms. The summed E-state index contributed by atoms with van der Waals surface area (Å²) in [6.45, 7) is 5.98. The molecule has 23 heavy (non-hydrogen) atoms. The van der Waals surface area contributed by atoms with E-state index < -0.39 is 0 Å². The van der Waals surface area contributed by atoms with Crippen LogP contribution >= 0.6 is 11.8 Å². The van der Waals surface area contributed by atoms with Crippen molar-refractivity contribution >= 4 is 17.7 Å². The topological polar surface area (TPSA) is 80.0 Å². The molecule has 1 atom stereocenters. The molecule has 124 valence electrons. The summed E-state index contributed by atoms with van der Waals surface area (Å²) >= 11 is 1.32. The molecule has 0 saturated carbocycles. The predicted octanol–water partition coefficient (Wildman–Crippen LogP) is 1.98. The van der Waals surface area contributed by atoms with Crippen molar-refractivity contribution in [2.45, 2.75) is 37.9 Å². The van der Waals surface area contributed by atoms with Crippen molar-refractivity contribution in [3.63, 3.8) is 0 Å². The van der Waals surface area contributed by atoms with Crippen LogP contribution in [0.4, 0.5) is 0 Å². The maximum atomic E-state index is 11.8. The number of aromatic nitrogens is 3. The molecule has 7 heteroatoms. The number of thioether (sulfide) groups is 1. The number of hydrogen-bond acceptors (Lipinski definition) is 5. The zero-order chi connectivity index (χ0) is 16.8. The summed E-state index contributed by atoms with van der Waals surface area (Å²) in [5, 5.41) is 20.3. The first-order valence-corrected chi connectivity index (χ1v) is 8.53. The Hall–Kier alpha value is -1.86. The summed E-state index contributed by atoms with van der Waals surface area (Å²) in [7, 11) is 0. The van der Waals surface area contributed by atoms with E-state index in [4.69, 9.17) is 5.11 Å². The van der Waals surface area contributed by atoms with Crippen LogP contribution in [0.25, 0.3) is 5.69 Å². The van der Waals surface area contributed by atoms with Crippen LogP contribution in [0.2, 0.25) is 0 Å². The van der Waals surface area contributed by atoms with E-state index in [0.29, 0.717) is 11.1 Å². The lowest BCUT2D eigenvalue weighted by molar-refractivity contribution is -0.119. The molecule has 0 aliphatic rings. The Kier molecular flexibility index (Phi) is 6.18.